The molecule has 1 fully saturated rings. The molecule has 5 nitrogen and oxygen atoms in total. The van der Waals surface area contributed by atoms with Gasteiger partial charge in [-0.25, -0.2) is 4.79 Å². The molecule has 1 aromatic rings. The number of anilines is 1. The second kappa shape index (κ2) is 5.71. The lowest BCUT2D eigenvalue weighted by molar-refractivity contribution is -0.119. The fourth-order valence-corrected chi connectivity index (χ4v) is 2.58. The molecule has 2 rings (SSSR count). The van der Waals surface area contributed by atoms with E-state index >= 15 is 0 Å². The second-order valence-corrected chi connectivity index (χ2v) is 5.59. The van der Waals surface area contributed by atoms with Gasteiger partial charge in [-0.15, -0.1) is 0 Å². The van der Waals surface area contributed by atoms with Gasteiger partial charge < -0.3 is 15.3 Å². The Bertz CT molecular complexity index is 519. The number of carbonyl (C=O) groups excluding carboxylic acids is 1. The lowest BCUT2D eigenvalue weighted by Gasteiger charge is -2.12. The fraction of sp³-hybridized carbons (Fsp3) is 0.385. The molecule has 1 amide bonds. The molecule has 0 aliphatic carbocycles. The van der Waals surface area contributed by atoms with Crippen molar-refractivity contribution in [3.05, 3.63) is 28.2 Å². The maximum Gasteiger partial charge on any atom is 0.336 e. The second-order valence-electron chi connectivity index (χ2n) is 4.74. The zero-order valence-corrected chi connectivity index (χ0v) is 12.1. The highest BCUT2D eigenvalue weighted by molar-refractivity contribution is 9.10. The molecule has 6 heteroatoms. The van der Waals surface area contributed by atoms with Gasteiger partial charge in [0, 0.05) is 16.7 Å². The van der Waals surface area contributed by atoms with Crippen molar-refractivity contribution >= 4 is 33.5 Å². The highest BCUT2D eigenvalue weighted by Crippen LogP contribution is 2.22. The van der Waals surface area contributed by atoms with Gasteiger partial charge >= 0.3 is 5.97 Å². The van der Waals surface area contributed by atoms with Crippen LogP contribution in [0.25, 0.3) is 0 Å². The average Bonchev–Trinajstić information content (AvgIpc) is 2.78. The van der Waals surface area contributed by atoms with E-state index < -0.39 is 5.97 Å². The van der Waals surface area contributed by atoms with Crippen molar-refractivity contribution in [3.63, 3.8) is 0 Å². The quantitative estimate of drug-likeness (QED) is 0.891. The fourth-order valence-electron chi connectivity index (χ4n) is 2.16. The normalized spacial score (nSPS) is 19.4. The first kappa shape index (κ1) is 14.0. The van der Waals surface area contributed by atoms with Crippen molar-refractivity contribution in [1.82, 2.24) is 4.90 Å². The van der Waals surface area contributed by atoms with Crippen molar-refractivity contribution in [2.45, 2.75) is 6.42 Å². The standard InChI is InChI=1S/C13H15BrN2O3/c1-16-5-4-8(7-16)12(17)15-9-2-3-11(14)10(6-9)13(18)19/h2-3,6,8H,4-5,7H2,1H3,(H,15,17)(H,18,19). The first-order chi connectivity index (χ1) is 8.97. The zero-order valence-electron chi connectivity index (χ0n) is 10.5. The van der Waals surface area contributed by atoms with Gasteiger partial charge in [-0.05, 0) is 54.1 Å². The van der Waals surface area contributed by atoms with E-state index in [1.54, 1.807) is 12.1 Å². The van der Waals surface area contributed by atoms with E-state index in [4.69, 9.17) is 5.11 Å². The van der Waals surface area contributed by atoms with E-state index in [0.29, 0.717) is 10.2 Å². The van der Waals surface area contributed by atoms with Gasteiger partial charge in [0.05, 0.1) is 11.5 Å². The molecule has 0 radical (unpaired) electrons. The molecule has 1 unspecified atom stereocenters. The van der Waals surface area contributed by atoms with Crippen molar-refractivity contribution in [2.75, 3.05) is 25.5 Å². The first-order valence-electron chi connectivity index (χ1n) is 5.99. The number of rotatable bonds is 3. The Kier molecular flexibility index (Phi) is 4.21. The number of carboxylic acid groups (broad SMARTS) is 1. The maximum atomic E-state index is 12.0. The van der Waals surface area contributed by atoms with Crippen LogP contribution < -0.4 is 5.32 Å². The predicted molar refractivity (Wildman–Crippen MR) is 75.3 cm³/mol. The smallest absolute Gasteiger partial charge is 0.336 e. The summed E-state index contributed by atoms with van der Waals surface area (Å²) in [5, 5.41) is 11.8. The molecular weight excluding hydrogens is 312 g/mol. The van der Waals surface area contributed by atoms with Crippen LogP contribution >= 0.6 is 15.9 Å². The van der Waals surface area contributed by atoms with Crippen LogP contribution in [0.5, 0.6) is 0 Å². The SMILES string of the molecule is CN1CCC(C(=O)Nc2ccc(Br)c(C(=O)O)c2)C1. The number of carboxylic acids is 1. The van der Waals surface area contributed by atoms with Gasteiger partial charge in [-0.2, -0.15) is 0 Å². The van der Waals surface area contributed by atoms with Crippen molar-refractivity contribution in [3.8, 4) is 0 Å². The van der Waals surface area contributed by atoms with Crippen LogP contribution in [0.15, 0.2) is 22.7 Å². The highest BCUT2D eigenvalue weighted by Gasteiger charge is 2.26. The molecule has 0 saturated carbocycles. The number of benzene rings is 1. The van der Waals surface area contributed by atoms with E-state index in [0.717, 1.165) is 19.5 Å². The molecule has 1 aliphatic heterocycles. The number of likely N-dealkylation sites (tertiary alicyclic amines) is 1. The molecular formula is C13H15BrN2O3. The summed E-state index contributed by atoms with van der Waals surface area (Å²) in [6.07, 6.45) is 0.838. The largest absolute Gasteiger partial charge is 0.478 e. The van der Waals surface area contributed by atoms with Crippen LogP contribution in [0, 0.1) is 5.92 Å². The van der Waals surface area contributed by atoms with Crippen LogP contribution in [-0.2, 0) is 4.79 Å². The minimum atomic E-state index is -1.02. The molecule has 1 atom stereocenters. The Morgan fingerprint density at radius 2 is 2.21 bits per heavy atom. The van der Waals surface area contributed by atoms with E-state index in [1.807, 2.05) is 7.05 Å². The number of halogens is 1. The molecule has 1 aliphatic rings. The number of carbonyl (C=O) groups is 2. The number of nitrogens with one attached hydrogen (secondary N) is 1. The minimum absolute atomic E-state index is 0.0260. The predicted octanol–water partition coefficient (Wildman–Crippen LogP) is 2.04. The Morgan fingerprint density at radius 1 is 1.47 bits per heavy atom. The van der Waals surface area contributed by atoms with Crippen LogP contribution in [-0.4, -0.2) is 42.0 Å². The topological polar surface area (TPSA) is 69.6 Å². The van der Waals surface area contributed by atoms with E-state index in [1.165, 1.54) is 6.07 Å². The number of nitrogens with zero attached hydrogens (tertiary/aromatic N) is 1. The van der Waals surface area contributed by atoms with Crippen LogP contribution in [0.2, 0.25) is 0 Å². The number of hydrogen-bond acceptors (Lipinski definition) is 3. The monoisotopic (exact) mass is 326 g/mol. The summed E-state index contributed by atoms with van der Waals surface area (Å²) in [4.78, 5) is 25.1. The van der Waals surface area contributed by atoms with Gasteiger partial charge in [-0.1, -0.05) is 0 Å². The molecule has 19 heavy (non-hydrogen) atoms. The van der Waals surface area contributed by atoms with E-state index in [2.05, 4.69) is 26.1 Å². The maximum absolute atomic E-state index is 12.0. The Morgan fingerprint density at radius 3 is 2.79 bits per heavy atom. The van der Waals surface area contributed by atoms with Crippen molar-refractivity contribution < 1.29 is 14.7 Å². The molecule has 0 aromatic heterocycles. The highest BCUT2D eigenvalue weighted by atomic mass is 79.9. The zero-order chi connectivity index (χ0) is 14.0. The third-order valence-corrected chi connectivity index (χ3v) is 3.92. The van der Waals surface area contributed by atoms with Crippen LogP contribution in [0.1, 0.15) is 16.8 Å². The Labute approximate surface area is 119 Å². The summed E-state index contributed by atoms with van der Waals surface area (Å²) in [6.45, 7) is 1.66. The van der Waals surface area contributed by atoms with Gasteiger partial charge in [0.25, 0.3) is 0 Å². The molecule has 1 aromatic carbocycles. The third kappa shape index (κ3) is 3.33. The van der Waals surface area contributed by atoms with Gasteiger partial charge in [0.15, 0.2) is 0 Å². The van der Waals surface area contributed by atoms with Crippen LogP contribution in [0.3, 0.4) is 0 Å². The lowest BCUT2D eigenvalue weighted by Crippen LogP contribution is -2.25. The third-order valence-electron chi connectivity index (χ3n) is 3.23. The molecule has 0 bridgehead atoms. The molecule has 1 heterocycles. The Balaban J connectivity index is 2.09. The lowest BCUT2D eigenvalue weighted by atomic mass is 10.1. The van der Waals surface area contributed by atoms with Gasteiger partial charge in [-0.3, -0.25) is 4.79 Å². The van der Waals surface area contributed by atoms with E-state index in [9.17, 15) is 9.59 Å². The minimum Gasteiger partial charge on any atom is -0.478 e. The van der Waals surface area contributed by atoms with Crippen molar-refractivity contribution in [2.24, 2.45) is 5.92 Å². The number of hydrogen-bond donors (Lipinski definition) is 2. The summed E-state index contributed by atoms with van der Waals surface area (Å²) in [5.74, 6) is -1.10. The molecule has 2 N–H and O–H groups in total. The van der Waals surface area contributed by atoms with Crippen LogP contribution in [0.4, 0.5) is 5.69 Å². The van der Waals surface area contributed by atoms with Gasteiger partial charge in [0.2, 0.25) is 5.91 Å². The summed E-state index contributed by atoms with van der Waals surface area (Å²) >= 11 is 3.17. The van der Waals surface area contributed by atoms with E-state index in [-0.39, 0.29) is 17.4 Å². The average molecular weight is 327 g/mol. The summed E-state index contributed by atoms with van der Waals surface area (Å²) in [5.41, 5.74) is 0.654. The number of amides is 1. The molecule has 102 valence electrons. The Hall–Kier alpha value is -1.40. The molecule has 0 spiro atoms. The van der Waals surface area contributed by atoms with Gasteiger partial charge in [0.1, 0.15) is 0 Å². The summed E-state index contributed by atoms with van der Waals surface area (Å²) < 4.78 is 0.499. The van der Waals surface area contributed by atoms with Crippen molar-refractivity contribution in [1.29, 1.82) is 0 Å². The molecule has 1 saturated heterocycles. The first-order valence-corrected chi connectivity index (χ1v) is 6.79. The number of aromatic carboxylic acids is 1. The summed E-state index contributed by atoms with van der Waals surface area (Å²) in [6, 6.07) is 4.77. The summed E-state index contributed by atoms with van der Waals surface area (Å²) in [7, 11) is 1.98.